The highest BCUT2D eigenvalue weighted by Crippen LogP contribution is 2.18. The number of benzene rings is 2. The summed E-state index contributed by atoms with van der Waals surface area (Å²) in [6.07, 6.45) is 2.12. The minimum atomic E-state index is -0.450. The van der Waals surface area contributed by atoms with Gasteiger partial charge in [0.05, 0.1) is 0 Å². The number of hydrogen-bond donors (Lipinski definition) is 1. The number of nitrogens with zero attached hydrogens (tertiary/aromatic N) is 1. The van der Waals surface area contributed by atoms with E-state index >= 15 is 0 Å². The average Bonchev–Trinajstić information content (AvgIpc) is 2.82. The number of esters is 1. The van der Waals surface area contributed by atoms with E-state index in [1.54, 1.807) is 30.3 Å². The van der Waals surface area contributed by atoms with Crippen LogP contribution in [0, 0.1) is 0 Å². The Morgan fingerprint density at radius 1 is 1.05 bits per heavy atom. The molecule has 4 nitrogen and oxygen atoms in total. The van der Waals surface area contributed by atoms with Crippen LogP contribution < -0.4 is 0 Å². The molecule has 2 aromatic rings. The number of aliphatic imine (C=N–C) groups is 1. The molecule has 0 atom stereocenters. The molecule has 1 N–H and O–H groups in total. The van der Waals surface area contributed by atoms with E-state index in [1.165, 1.54) is 0 Å². The molecular weight excluding hydrogens is 266 g/mol. The quantitative estimate of drug-likeness (QED) is 0.694. The van der Waals surface area contributed by atoms with Crippen molar-refractivity contribution in [1.29, 1.82) is 0 Å². The SMILES string of the molecule is O=C1OC(Cc2ccccc2)=N/C1=C/c1ccc(O)cc1. The predicted molar refractivity (Wildman–Crippen MR) is 79.8 cm³/mol. The maximum absolute atomic E-state index is 11.8. The lowest BCUT2D eigenvalue weighted by Crippen LogP contribution is -2.06. The summed E-state index contributed by atoms with van der Waals surface area (Å²) in [5.74, 6) is 0.129. The van der Waals surface area contributed by atoms with Gasteiger partial charge >= 0.3 is 5.97 Å². The maximum atomic E-state index is 11.8. The van der Waals surface area contributed by atoms with Crippen LogP contribution in [0.4, 0.5) is 0 Å². The summed E-state index contributed by atoms with van der Waals surface area (Å²) in [4.78, 5) is 16.0. The fraction of sp³-hybridized carbons (Fsp3) is 0.0588. The molecule has 2 aromatic carbocycles. The van der Waals surface area contributed by atoms with E-state index < -0.39 is 5.97 Å². The minimum absolute atomic E-state index is 0.180. The Balaban J connectivity index is 1.80. The van der Waals surface area contributed by atoms with Gasteiger partial charge in [-0.2, -0.15) is 0 Å². The van der Waals surface area contributed by atoms with E-state index in [0.717, 1.165) is 11.1 Å². The van der Waals surface area contributed by atoms with E-state index in [9.17, 15) is 9.90 Å². The number of phenols is 1. The fourth-order valence-electron chi connectivity index (χ4n) is 2.03. The Kier molecular flexibility index (Phi) is 3.51. The van der Waals surface area contributed by atoms with Gasteiger partial charge in [0.2, 0.25) is 5.90 Å². The van der Waals surface area contributed by atoms with Gasteiger partial charge in [-0.1, -0.05) is 42.5 Å². The molecule has 0 amide bonds. The lowest BCUT2D eigenvalue weighted by molar-refractivity contribution is -0.130. The Morgan fingerprint density at radius 3 is 2.48 bits per heavy atom. The molecule has 104 valence electrons. The van der Waals surface area contributed by atoms with Crippen LogP contribution in [0.1, 0.15) is 11.1 Å². The van der Waals surface area contributed by atoms with Crippen molar-refractivity contribution in [2.45, 2.75) is 6.42 Å². The average molecular weight is 279 g/mol. The number of ether oxygens (including phenoxy) is 1. The zero-order valence-electron chi connectivity index (χ0n) is 11.2. The third kappa shape index (κ3) is 3.17. The van der Waals surface area contributed by atoms with E-state index in [2.05, 4.69) is 4.99 Å². The number of carbonyl (C=O) groups is 1. The van der Waals surface area contributed by atoms with Crippen molar-refractivity contribution in [3.05, 3.63) is 71.4 Å². The molecule has 0 fully saturated rings. The van der Waals surface area contributed by atoms with Gasteiger partial charge in [-0.15, -0.1) is 0 Å². The molecule has 0 bridgehead atoms. The topological polar surface area (TPSA) is 58.9 Å². The molecular formula is C17H13NO3. The van der Waals surface area contributed by atoms with E-state index in [1.807, 2.05) is 30.3 Å². The van der Waals surface area contributed by atoms with Gasteiger partial charge in [0, 0.05) is 6.42 Å². The summed E-state index contributed by atoms with van der Waals surface area (Å²) in [6.45, 7) is 0. The highest BCUT2D eigenvalue weighted by atomic mass is 16.6. The predicted octanol–water partition coefficient (Wildman–Crippen LogP) is 2.93. The monoisotopic (exact) mass is 279 g/mol. The van der Waals surface area contributed by atoms with Gasteiger partial charge in [0.1, 0.15) is 5.75 Å². The Labute approximate surface area is 122 Å². The molecule has 0 spiro atoms. The number of aromatic hydroxyl groups is 1. The summed E-state index contributed by atoms with van der Waals surface area (Å²) in [5.41, 5.74) is 2.09. The summed E-state index contributed by atoms with van der Waals surface area (Å²) in [6, 6.07) is 16.2. The zero-order valence-corrected chi connectivity index (χ0v) is 11.2. The van der Waals surface area contributed by atoms with Crippen LogP contribution in [-0.4, -0.2) is 17.0 Å². The van der Waals surface area contributed by atoms with Crippen molar-refractivity contribution in [3.8, 4) is 5.75 Å². The Morgan fingerprint density at radius 2 is 1.76 bits per heavy atom. The number of cyclic esters (lactones) is 1. The lowest BCUT2D eigenvalue weighted by Gasteiger charge is -1.98. The summed E-state index contributed by atoms with van der Waals surface area (Å²) < 4.78 is 5.17. The van der Waals surface area contributed by atoms with Gasteiger partial charge < -0.3 is 9.84 Å². The molecule has 0 unspecified atom stereocenters. The standard InChI is InChI=1S/C17H13NO3/c19-14-8-6-13(7-9-14)10-15-17(20)21-16(18-15)11-12-4-2-1-3-5-12/h1-10,19H,11H2/b15-10+. The van der Waals surface area contributed by atoms with E-state index in [-0.39, 0.29) is 11.4 Å². The second-order valence-electron chi connectivity index (χ2n) is 4.68. The van der Waals surface area contributed by atoms with Crippen molar-refractivity contribution in [2.75, 3.05) is 0 Å². The largest absolute Gasteiger partial charge is 0.508 e. The van der Waals surface area contributed by atoms with Gasteiger partial charge in [-0.25, -0.2) is 9.79 Å². The molecule has 0 aliphatic carbocycles. The lowest BCUT2D eigenvalue weighted by atomic mass is 10.1. The molecule has 1 aliphatic rings. The third-order valence-corrected chi connectivity index (χ3v) is 3.06. The third-order valence-electron chi connectivity index (χ3n) is 3.06. The minimum Gasteiger partial charge on any atom is -0.508 e. The summed E-state index contributed by atoms with van der Waals surface area (Å²) >= 11 is 0. The first-order valence-electron chi connectivity index (χ1n) is 6.55. The highest BCUT2D eigenvalue weighted by Gasteiger charge is 2.22. The number of phenolic OH excluding ortho intramolecular Hbond substituents is 1. The molecule has 1 heterocycles. The van der Waals surface area contributed by atoms with Gasteiger partial charge in [-0.05, 0) is 29.3 Å². The first-order chi connectivity index (χ1) is 10.2. The van der Waals surface area contributed by atoms with Gasteiger partial charge in [0.25, 0.3) is 0 Å². The van der Waals surface area contributed by atoms with E-state index in [4.69, 9.17) is 4.74 Å². The Bertz CT molecular complexity index is 715. The Hall–Kier alpha value is -2.88. The van der Waals surface area contributed by atoms with Gasteiger partial charge in [0.15, 0.2) is 5.70 Å². The number of carbonyl (C=O) groups excluding carboxylic acids is 1. The normalized spacial score (nSPS) is 15.9. The van der Waals surface area contributed by atoms with Crippen molar-refractivity contribution in [1.82, 2.24) is 0 Å². The molecule has 0 saturated heterocycles. The summed E-state index contributed by atoms with van der Waals surface area (Å²) in [5, 5.41) is 9.24. The van der Waals surface area contributed by atoms with Crippen LogP contribution in [0.15, 0.2) is 65.3 Å². The number of rotatable bonds is 3. The van der Waals surface area contributed by atoms with Crippen LogP contribution in [0.2, 0.25) is 0 Å². The molecule has 21 heavy (non-hydrogen) atoms. The second kappa shape index (κ2) is 5.63. The van der Waals surface area contributed by atoms with E-state index in [0.29, 0.717) is 12.3 Å². The van der Waals surface area contributed by atoms with Crippen molar-refractivity contribution >= 4 is 17.9 Å². The first kappa shape index (κ1) is 13.1. The molecule has 0 aromatic heterocycles. The van der Waals surface area contributed by atoms with Crippen molar-refractivity contribution in [2.24, 2.45) is 4.99 Å². The molecule has 1 aliphatic heterocycles. The molecule has 0 saturated carbocycles. The van der Waals surface area contributed by atoms with Crippen LogP contribution in [0.3, 0.4) is 0 Å². The van der Waals surface area contributed by atoms with Gasteiger partial charge in [-0.3, -0.25) is 0 Å². The molecule has 0 radical (unpaired) electrons. The van der Waals surface area contributed by atoms with Crippen molar-refractivity contribution < 1.29 is 14.6 Å². The van der Waals surface area contributed by atoms with Crippen LogP contribution in [-0.2, 0) is 16.0 Å². The van der Waals surface area contributed by atoms with Crippen LogP contribution >= 0.6 is 0 Å². The maximum Gasteiger partial charge on any atom is 0.363 e. The smallest absolute Gasteiger partial charge is 0.363 e. The summed E-state index contributed by atoms with van der Waals surface area (Å²) in [7, 11) is 0. The van der Waals surface area contributed by atoms with Crippen molar-refractivity contribution in [3.63, 3.8) is 0 Å². The van der Waals surface area contributed by atoms with Crippen LogP contribution in [0.25, 0.3) is 6.08 Å². The zero-order chi connectivity index (χ0) is 14.7. The molecule has 4 heteroatoms. The first-order valence-corrected chi connectivity index (χ1v) is 6.55. The number of hydrogen-bond acceptors (Lipinski definition) is 4. The second-order valence-corrected chi connectivity index (χ2v) is 4.68. The van der Waals surface area contributed by atoms with Crippen LogP contribution in [0.5, 0.6) is 5.75 Å². The highest BCUT2D eigenvalue weighted by molar-refractivity contribution is 6.07. The fourth-order valence-corrected chi connectivity index (χ4v) is 2.03. The molecule has 3 rings (SSSR count).